The number of ether oxygens (including phenoxy) is 2. The molecule has 32 heavy (non-hydrogen) atoms. The van der Waals surface area contributed by atoms with Gasteiger partial charge in [0, 0.05) is 13.0 Å². The molecule has 0 saturated carbocycles. The minimum absolute atomic E-state index is 0.0852. The van der Waals surface area contributed by atoms with Crippen LogP contribution in [0.3, 0.4) is 0 Å². The lowest BCUT2D eigenvalue weighted by Gasteiger charge is -2.13. The van der Waals surface area contributed by atoms with Gasteiger partial charge in [-0.3, -0.25) is 9.52 Å². The number of nitrogens with zero attached hydrogens (tertiary/aromatic N) is 1. The van der Waals surface area contributed by atoms with Crippen molar-refractivity contribution in [2.75, 3.05) is 24.3 Å². The molecule has 0 aliphatic heterocycles. The number of methoxy groups -OCH3 is 2. The van der Waals surface area contributed by atoms with E-state index in [1.807, 2.05) is 0 Å². The molecule has 1 aromatic heterocycles. The molecule has 0 aliphatic rings. The lowest BCUT2D eigenvalue weighted by atomic mass is 10.2. The van der Waals surface area contributed by atoms with Crippen LogP contribution in [-0.2, 0) is 14.8 Å². The molecule has 0 aliphatic carbocycles. The van der Waals surface area contributed by atoms with E-state index in [2.05, 4.69) is 15.2 Å². The van der Waals surface area contributed by atoms with Crippen LogP contribution in [0.4, 0.5) is 11.4 Å². The van der Waals surface area contributed by atoms with Crippen LogP contribution in [0.5, 0.6) is 11.5 Å². The molecule has 0 unspecified atom stereocenters. The van der Waals surface area contributed by atoms with Crippen LogP contribution < -0.4 is 19.5 Å². The monoisotopic (exact) mass is 457 g/mol. The van der Waals surface area contributed by atoms with E-state index in [0.29, 0.717) is 34.3 Å². The van der Waals surface area contributed by atoms with Gasteiger partial charge in [-0.1, -0.05) is 23.4 Å². The quantitative estimate of drug-likeness (QED) is 0.526. The first-order valence-electron chi connectivity index (χ1n) is 9.50. The standard InChI is InChI=1S/C22H23N3O6S/c1-14-22(23-15(2)26)20(31-24-14)12-7-16-5-9-18(10-6-16)32(27,28)25-19-11-8-17(29-3)13-21(19)30-4/h5-13,25H,1-4H3,(H,23,26). The number of hydrogen-bond donors (Lipinski definition) is 2. The van der Waals surface area contributed by atoms with Crippen molar-refractivity contribution in [3.8, 4) is 11.5 Å². The number of amides is 1. The molecule has 10 heteroatoms. The highest BCUT2D eigenvalue weighted by Gasteiger charge is 2.17. The summed E-state index contributed by atoms with van der Waals surface area (Å²) in [4.78, 5) is 11.4. The molecule has 0 atom stereocenters. The van der Waals surface area contributed by atoms with Crippen LogP contribution in [0, 0.1) is 6.92 Å². The van der Waals surface area contributed by atoms with E-state index in [9.17, 15) is 13.2 Å². The third-order valence-corrected chi connectivity index (χ3v) is 5.84. The first kappa shape index (κ1) is 22.9. The average molecular weight is 458 g/mol. The second-order valence-corrected chi connectivity index (χ2v) is 8.44. The Morgan fingerprint density at radius 3 is 2.41 bits per heavy atom. The molecule has 3 aromatic rings. The van der Waals surface area contributed by atoms with Crippen molar-refractivity contribution in [1.82, 2.24) is 5.16 Å². The predicted octanol–water partition coefficient (Wildman–Crippen LogP) is 3.93. The molecule has 1 heterocycles. The summed E-state index contributed by atoms with van der Waals surface area (Å²) in [6, 6.07) is 11.1. The van der Waals surface area contributed by atoms with Gasteiger partial charge < -0.3 is 19.3 Å². The smallest absolute Gasteiger partial charge is 0.262 e. The van der Waals surface area contributed by atoms with Crippen molar-refractivity contribution in [2.45, 2.75) is 18.7 Å². The Hall–Kier alpha value is -3.79. The van der Waals surface area contributed by atoms with Crippen LogP contribution >= 0.6 is 0 Å². The summed E-state index contributed by atoms with van der Waals surface area (Å²) in [5.74, 6) is 1.04. The van der Waals surface area contributed by atoms with Gasteiger partial charge in [0.15, 0.2) is 5.76 Å². The summed E-state index contributed by atoms with van der Waals surface area (Å²) >= 11 is 0. The Morgan fingerprint density at radius 1 is 1.06 bits per heavy atom. The van der Waals surface area contributed by atoms with E-state index >= 15 is 0 Å². The summed E-state index contributed by atoms with van der Waals surface area (Å²) in [6.45, 7) is 3.12. The second kappa shape index (κ2) is 9.56. The van der Waals surface area contributed by atoms with E-state index in [-0.39, 0.29) is 10.8 Å². The minimum atomic E-state index is -3.84. The Morgan fingerprint density at radius 2 is 1.78 bits per heavy atom. The summed E-state index contributed by atoms with van der Waals surface area (Å²) in [6.07, 6.45) is 3.37. The van der Waals surface area contributed by atoms with E-state index in [0.717, 1.165) is 5.56 Å². The zero-order chi connectivity index (χ0) is 23.3. The van der Waals surface area contributed by atoms with Crippen molar-refractivity contribution >= 4 is 39.5 Å². The lowest BCUT2D eigenvalue weighted by molar-refractivity contribution is -0.114. The maximum Gasteiger partial charge on any atom is 0.262 e. The Labute approximate surface area is 186 Å². The zero-order valence-electron chi connectivity index (χ0n) is 18.0. The molecule has 0 fully saturated rings. The largest absolute Gasteiger partial charge is 0.497 e. The first-order valence-corrected chi connectivity index (χ1v) is 11.0. The van der Waals surface area contributed by atoms with Crippen LogP contribution in [-0.4, -0.2) is 33.7 Å². The zero-order valence-corrected chi connectivity index (χ0v) is 18.8. The molecule has 0 saturated heterocycles. The van der Waals surface area contributed by atoms with Gasteiger partial charge >= 0.3 is 0 Å². The number of sulfonamides is 1. The van der Waals surface area contributed by atoms with Crippen molar-refractivity contribution < 1.29 is 27.2 Å². The molecule has 0 bridgehead atoms. The summed E-state index contributed by atoms with van der Waals surface area (Å²) in [7, 11) is -0.879. The second-order valence-electron chi connectivity index (χ2n) is 6.76. The Balaban J connectivity index is 1.78. The highest BCUT2D eigenvalue weighted by atomic mass is 32.2. The van der Waals surface area contributed by atoms with Gasteiger partial charge in [-0.2, -0.15) is 0 Å². The van der Waals surface area contributed by atoms with E-state index in [1.54, 1.807) is 49.4 Å². The number of hydrogen-bond acceptors (Lipinski definition) is 7. The van der Waals surface area contributed by atoms with Crippen LogP contribution in [0.2, 0.25) is 0 Å². The molecule has 2 N–H and O–H groups in total. The SMILES string of the molecule is COc1ccc(NS(=O)(=O)c2ccc(C=Cc3onc(C)c3NC(C)=O)cc2)c(OC)c1. The molecule has 2 aromatic carbocycles. The molecular weight excluding hydrogens is 434 g/mol. The summed E-state index contributed by atoms with van der Waals surface area (Å²) in [5.41, 5.74) is 2.07. The number of aromatic nitrogens is 1. The Bertz CT molecular complexity index is 1250. The predicted molar refractivity (Wildman–Crippen MR) is 121 cm³/mol. The van der Waals surface area contributed by atoms with Crippen molar-refractivity contribution in [2.24, 2.45) is 0 Å². The van der Waals surface area contributed by atoms with Gasteiger partial charge in [-0.05, 0) is 42.8 Å². The molecule has 3 rings (SSSR count). The van der Waals surface area contributed by atoms with E-state index in [4.69, 9.17) is 14.0 Å². The van der Waals surface area contributed by atoms with Gasteiger partial charge in [-0.15, -0.1) is 0 Å². The van der Waals surface area contributed by atoms with Crippen LogP contribution in [0.15, 0.2) is 51.9 Å². The first-order chi connectivity index (χ1) is 15.2. The topological polar surface area (TPSA) is 120 Å². The fraction of sp³-hybridized carbons (Fsp3) is 0.182. The highest BCUT2D eigenvalue weighted by molar-refractivity contribution is 7.92. The number of aryl methyl sites for hydroxylation is 1. The van der Waals surface area contributed by atoms with E-state index in [1.165, 1.54) is 33.3 Å². The third kappa shape index (κ3) is 5.27. The van der Waals surface area contributed by atoms with Gasteiger partial charge in [0.1, 0.15) is 22.9 Å². The van der Waals surface area contributed by atoms with Crippen LogP contribution in [0.25, 0.3) is 12.2 Å². The number of carbonyl (C=O) groups is 1. The summed E-state index contributed by atoms with van der Waals surface area (Å²) in [5, 5.41) is 6.52. The maximum atomic E-state index is 12.8. The van der Waals surface area contributed by atoms with E-state index < -0.39 is 10.0 Å². The fourth-order valence-electron chi connectivity index (χ4n) is 2.85. The number of carbonyl (C=O) groups excluding carboxylic acids is 1. The molecule has 168 valence electrons. The number of rotatable bonds is 8. The molecule has 0 spiro atoms. The van der Waals surface area contributed by atoms with Crippen molar-refractivity contribution in [1.29, 1.82) is 0 Å². The number of nitrogens with one attached hydrogen (secondary N) is 2. The van der Waals surface area contributed by atoms with Gasteiger partial charge in [0.25, 0.3) is 10.0 Å². The van der Waals surface area contributed by atoms with Crippen molar-refractivity contribution in [3.63, 3.8) is 0 Å². The maximum absolute atomic E-state index is 12.8. The number of benzene rings is 2. The van der Waals surface area contributed by atoms with Gasteiger partial charge in [0.05, 0.1) is 24.8 Å². The van der Waals surface area contributed by atoms with Crippen molar-refractivity contribution in [3.05, 3.63) is 59.5 Å². The van der Waals surface area contributed by atoms with Gasteiger partial charge in [0.2, 0.25) is 5.91 Å². The van der Waals surface area contributed by atoms with Gasteiger partial charge in [-0.25, -0.2) is 8.42 Å². The molecule has 0 radical (unpaired) electrons. The van der Waals surface area contributed by atoms with Crippen LogP contribution in [0.1, 0.15) is 23.9 Å². The fourth-order valence-corrected chi connectivity index (χ4v) is 3.92. The normalized spacial score (nSPS) is 11.4. The number of anilines is 2. The Kier molecular flexibility index (Phi) is 6.84. The summed E-state index contributed by atoms with van der Waals surface area (Å²) < 4.78 is 43.7. The average Bonchev–Trinajstić information content (AvgIpc) is 3.11. The lowest BCUT2D eigenvalue weighted by Crippen LogP contribution is -2.13. The minimum Gasteiger partial charge on any atom is -0.497 e. The highest BCUT2D eigenvalue weighted by Crippen LogP contribution is 2.31. The molecule has 1 amide bonds. The third-order valence-electron chi connectivity index (χ3n) is 4.46. The molecular formula is C22H23N3O6S. The molecule has 9 nitrogen and oxygen atoms in total.